The maximum absolute atomic E-state index is 13.5. The Hall–Kier alpha value is -3.03. The van der Waals surface area contributed by atoms with E-state index in [0.29, 0.717) is 48.6 Å². The van der Waals surface area contributed by atoms with Gasteiger partial charge in [0.1, 0.15) is 16.7 Å². The molecule has 1 aromatic carbocycles. The summed E-state index contributed by atoms with van der Waals surface area (Å²) in [5.41, 5.74) is 1.18. The Balaban J connectivity index is 1.30. The van der Waals surface area contributed by atoms with Crippen molar-refractivity contribution < 1.29 is 23.1 Å². The Morgan fingerprint density at radius 3 is 2.75 bits per heavy atom. The molecule has 2 aliphatic rings. The number of amides is 2. The van der Waals surface area contributed by atoms with Crippen LogP contribution < -0.4 is 5.32 Å². The Morgan fingerprint density at radius 1 is 1.31 bits per heavy atom. The van der Waals surface area contributed by atoms with Crippen molar-refractivity contribution in [1.82, 2.24) is 9.80 Å². The smallest absolute Gasteiger partial charge is 0.410 e. The van der Waals surface area contributed by atoms with Crippen molar-refractivity contribution >= 4 is 28.3 Å². The lowest BCUT2D eigenvalue weighted by atomic mass is 9.91. The lowest BCUT2D eigenvalue weighted by molar-refractivity contribution is -0.118. The number of thiophene rings is 1. The highest BCUT2D eigenvalue weighted by molar-refractivity contribution is 7.14. The number of benzene rings is 1. The fourth-order valence-electron chi connectivity index (χ4n) is 4.10. The van der Waals surface area contributed by atoms with Gasteiger partial charge in [-0.3, -0.25) is 14.6 Å². The minimum atomic E-state index is -0.948. The van der Waals surface area contributed by atoms with E-state index in [2.05, 4.69) is 11.4 Å². The molecule has 3 heterocycles. The predicted molar refractivity (Wildman–Crippen MR) is 114 cm³/mol. The number of carbonyl (C=O) groups excluding carboxylic acids is 2. The molecule has 0 bridgehead atoms. The molecule has 32 heavy (non-hydrogen) atoms. The van der Waals surface area contributed by atoms with Crippen LogP contribution in [0.2, 0.25) is 0 Å². The molecule has 1 aromatic heterocycles. The number of hydrogen-bond acceptors (Lipinski definition) is 6. The zero-order chi connectivity index (χ0) is 22.9. The highest BCUT2D eigenvalue weighted by atomic mass is 32.1. The van der Waals surface area contributed by atoms with Gasteiger partial charge in [-0.1, -0.05) is 6.07 Å². The molecule has 2 fully saturated rings. The normalized spacial score (nSPS) is 17.9. The van der Waals surface area contributed by atoms with Crippen LogP contribution in [-0.4, -0.2) is 53.6 Å². The molecule has 2 amide bonds. The number of anilines is 1. The van der Waals surface area contributed by atoms with Gasteiger partial charge in [-0.2, -0.15) is 5.26 Å². The molecular formula is C22H22F2N4O3S. The second-order valence-electron chi connectivity index (χ2n) is 8.21. The molecule has 0 radical (unpaired) electrons. The molecule has 0 unspecified atom stereocenters. The number of likely N-dealkylation sites (tertiary alicyclic amines) is 1. The molecule has 0 aliphatic carbocycles. The summed E-state index contributed by atoms with van der Waals surface area (Å²) in [5, 5.41) is 14.4. The first kappa shape index (κ1) is 22.2. The van der Waals surface area contributed by atoms with Gasteiger partial charge < -0.3 is 10.1 Å². The first-order valence-electron chi connectivity index (χ1n) is 10.2. The van der Waals surface area contributed by atoms with Gasteiger partial charge in [-0.05, 0) is 35.6 Å². The van der Waals surface area contributed by atoms with Gasteiger partial charge in [0.2, 0.25) is 5.91 Å². The summed E-state index contributed by atoms with van der Waals surface area (Å²) in [6.07, 6.45) is 0.669. The van der Waals surface area contributed by atoms with E-state index < -0.39 is 23.3 Å². The SMILES string of the molecule is Cc1csc(NC(=O)CN2CCC3(CC2)CN(Cc2ccc(F)c(F)c2)C(=O)O3)c1C#N. The van der Waals surface area contributed by atoms with Gasteiger partial charge in [-0.15, -0.1) is 11.3 Å². The molecule has 2 aromatic rings. The maximum Gasteiger partial charge on any atom is 0.410 e. The Bertz CT molecular complexity index is 1090. The van der Waals surface area contributed by atoms with Gasteiger partial charge in [0, 0.05) is 32.5 Å². The quantitative estimate of drug-likeness (QED) is 0.737. The van der Waals surface area contributed by atoms with E-state index in [-0.39, 0.29) is 19.0 Å². The zero-order valence-electron chi connectivity index (χ0n) is 17.5. The average molecular weight is 461 g/mol. The third-order valence-corrected chi connectivity index (χ3v) is 6.89. The fourth-order valence-corrected chi connectivity index (χ4v) is 5.01. The van der Waals surface area contributed by atoms with Gasteiger partial charge in [0.25, 0.3) is 0 Å². The highest BCUT2D eigenvalue weighted by Crippen LogP contribution is 2.34. The van der Waals surface area contributed by atoms with Crippen molar-refractivity contribution in [3.8, 4) is 6.07 Å². The number of nitriles is 1. The molecular weight excluding hydrogens is 438 g/mol. The summed E-state index contributed by atoms with van der Waals surface area (Å²) in [4.78, 5) is 28.3. The molecule has 7 nitrogen and oxygen atoms in total. The topological polar surface area (TPSA) is 85.7 Å². The number of ether oxygens (including phenoxy) is 1. The van der Waals surface area contributed by atoms with E-state index in [1.807, 2.05) is 17.2 Å². The summed E-state index contributed by atoms with van der Waals surface area (Å²) in [6.45, 7) is 3.68. The highest BCUT2D eigenvalue weighted by Gasteiger charge is 2.47. The number of nitrogens with zero attached hydrogens (tertiary/aromatic N) is 3. The number of nitrogens with one attached hydrogen (secondary N) is 1. The third kappa shape index (κ3) is 4.59. The minimum absolute atomic E-state index is 0.144. The second-order valence-corrected chi connectivity index (χ2v) is 9.09. The Morgan fingerprint density at radius 2 is 2.06 bits per heavy atom. The zero-order valence-corrected chi connectivity index (χ0v) is 18.3. The molecule has 0 atom stereocenters. The van der Waals surface area contributed by atoms with Crippen molar-refractivity contribution in [3.05, 3.63) is 51.9 Å². The molecule has 10 heteroatoms. The van der Waals surface area contributed by atoms with Crippen molar-refractivity contribution in [2.24, 2.45) is 0 Å². The Kier molecular flexibility index (Phi) is 6.13. The van der Waals surface area contributed by atoms with Crippen LogP contribution in [0.25, 0.3) is 0 Å². The van der Waals surface area contributed by atoms with E-state index in [1.54, 1.807) is 0 Å². The maximum atomic E-state index is 13.5. The average Bonchev–Trinajstić information content (AvgIpc) is 3.25. The Labute approximate surface area is 188 Å². The second kappa shape index (κ2) is 8.84. The van der Waals surface area contributed by atoms with Gasteiger partial charge >= 0.3 is 6.09 Å². The lowest BCUT2D eigenvalue weighted by Crippen LogP contribution is -2.48. The summed E-state index contributed by atoms with van der Waals surface area (Å²) in [5.74, 6) is -2.07. The van der Waals surface area contributed by atoms with Gasteiger partial charge in [-0.25, -0.2) is 13.6 Å². The largest absolute Gasteiger partial charge is 0.441 e. The first-order valence-corrected chi connectivity index (χ1v) is 11.1. The van der Waals surface area contributed by atoms with Crippen LogP contribution >= 0.6 is 11.3 Å². The van der Waals surface area contributed by atoms with Crippen molar-refractivity contribution in [2.45, 2.75) is 31.9 Å². The van der Waals surface area contributed by atoms with Crippen LogP contribution in [0.5, 0.6) is 0 Å². The van der Waals surface area contributed by atoms with Crippen LogP contribution in [0.3, 0.4) is 0 Å². The number of aryl methyl sites for hydroxylation is 1. The van der Waals surface area contributed by atoms with Gasteiger partial charge in [0.15, 0.2) is 11.6 Å². The van der Waals surface area contributed by atoms with E-state index >= 15 is 0 Å². The molecule has 2 aliphatic heterocycles. The molecule has 1 spiro atoms. The van der Waals surface area contributed by atoms with Crippen LogP contribution in [0.1, 0.15) is 29.5 Å². The van der Waals surface area contributed by atoms with E-state index in [9.17, 15) is 23.6 Å². The van der Waals surface area contributed by atoms with Crippen LogP contribution in [0, 0.1) is 29.9 Å². The number of halogens is 2. The van der Waals surface area contributed by atoms with Crippen LogP contribution in [-0.2, 0) is 16.1 Å². The van der Waals surface area contributed by atoms with Crippen molar-refractivity contribution in [1.29, 1.82) is 5.26 Å². The third-order valence-electron chi connectivity index (χ3n) is 5.87. The fraction of sp³-hybridized carbons (Fsp3) is 0.409. The molecule has 2 saturated heterocycles. The first-order chi connectivity index (χ1) is 15.3. The number of piperidine rings is 1. The summed E-state index contributed by atoms with van der Waals surface area (Å²) >= 11 is 1.33. The summed E-state index contributed by atoms with van der Waals surface area (Å²) < 4.78 is 32.3. The number of carbonyl (C=O) groups is 2. The van der Waals surface area contributed by atoms with Crippen LogP contribution in [0.15, 0.2) is 23.6 Å². The number of hydrogen-bond donors (Lipinski definition) is 1. The number of rotatable bonds is 5. The predicted octanol–water partition coefficient (Wildman–Crippen LogP) is 3.63. The van der Waals surface area contributed by atoms with Crippen molar-refractivity contribution in [2.75, 3.05) is 31.5 Å². The molecule has 0 saturated carbocycles. The van der Waals surface area contributed by atoms with Gasteiger partial charge in [0.05, 0.1) is 18.7 Å². The van der Waals surface area contributed by atoms with Crippen molar-refractivity contribution in [3.63, 3.8) is 0 Å². The van der Waals surface area contributed by atoms with E-state index in [0.717, 1.165) is 17.7 Å². The van der Waals surface area contributed by atoms with Crippen LogP contribution in [0.4, 0.5) is 18.6 Å². The van der Waals surface area contributed by atoms with E-state index in [1.165, 1.54) is 22.3 Å². The standard InChI is InChI=1S/C22H22F2N4O3S/c1-14-12-32-20(16(14)9-25)26-19(29)11-27-6-4-22(5-7-27)13-28(21(30)31-22)10-15-2-3-17(23)18(24)8-15/h2-3,8,12H,4-7,10-11,13H2,1H3,(H,26,29). The monoisotopic (exact) mass is 460 g/mol. The molecule has 168 valence electrons. The minimum Gasteiger partial charge on any atom is -0.441 e. The lowest BCUT2D eigenvalue weighted by Gasteiger charge is -2.37. The molecule has 4 rings (SSSR count). The molecule has 1 N–H and O–H groups in total. The summed E-state index contributed by atoms with van der Waals surface area (Å²) in [6, 6.07) is 5.68. The van der Waals surface area contributed by atoms with E-state index in [4.69, 9.17) is 4.74 Å². The summed E-state index contributed by atoms with van der Waals surface area (Å²) in [7, 11) is 0.